The van der Waals surface area contributed by atoms with Gasteiger partial charge in [0, 0.05) is 13.0 Å². The largest absolute Gasteiger partial charge is 0.481 e. The summed E-state index contributed by atoms with van der Waals surface area (Å²) in [4.78, 5) is 22.3. The molecule has 1 fully saturated rings. The number of hydrogen-bond acceptors (Lipinski definition) is 3. The van der Waals surface area contributed by atoms with Gasteiger partial charge < -0.3 is 16.2 Å². The fraction of sp³-hybridized carbons (Fsp3) is 0.818. The van der Waals surface area contributed by atoms with Gasteiger partial charge in [0.1, 0.15) is 0 Å². The van der Waals surface area contributed by atoms with Gasteiger partial charge in [-0.1, -0.05) is 6.92 Å². The minimum atomic E-state index is -0.803. The van der Waals surface area contributed by atoms with Crippen LogP contribution in [-0.2, 0) is 9.59 Å². The van der Waals surface area contributed by atoms with Gasteiger partial charge in [-0.2, -0.15) is 0 Å². The van der Waals surface area contributed by atoms with Gasteiger partial charge >= 0.3 is 5.97 Å². The number of nitrogens with one attached hydrogen (secondary N) is 1. The highest BCUT2D eigenvalue weighted by Crippen LogP contribution is 2.45. The Labute approximate surface area is 95.4 Å². The van der Waals surface area contributed by atoms with Crippen LogP contribution < -0.4 is 11.1 Å². The Kier molecular flexibility index (Phi) is 4.29. The zero-order chi connectivity index (χ0) is 12.2. The van der Waals surface area contributed by atoms with E-state index in [4.69, 9.17) is 10.8 Å². The molecule has 1 unspecified atom stereocenters. The summed E-state index contributed by atoms with van der Waals surface area (Å²) >= 11 is 0. The molecule has 0 aromatic heterocycles. The molecular weight excluding hydrogens is 208 g/mol. The molecular formula is C11H20N2O3. The van der Waals surface area contributed by atoms with E-state index < -0.39 is 11.4 Å². The van der Waals surface area contributed by atoms with Crippen LogP contribution in [-0.4, -0.2) is 30.1 Å². The molecule has 5 nitrogen and oxygen atoms in total. The van der Waals surface area contributed by atoms with Gasteiger partial charge in [0.05, 0.1) is 5.41 Å². The van der Waals surface area contributed by atoms with Crippen LogP contribution in [0.15, 0.2) is 0 Å². The summed E-state index contributed by atoms with van der Waals surface area (Å²) in [7, 11) is 0. The maximum Gasteiger partial charge on any atom is 0.311 e. The Morgan fingerprint density at radius 2 is 2.12 bits per heavy atom. The minimum Gasteiger partial charge on any atom is -0.481 e. The van der Waals surface area contributed by atoms with Crippen LogP contribution >= 0.6 is 0 Å². The molecule has 4 N–H and O–H groups in total. The maximum absolute atomic E-state index is 11.4. The lowest BCUT2D eigenvalue weighted by molar-refractivity contribution is -0.143. The molecule has 1 aliphatic rings. The van der Waals surface area contributed by atoms with E-state index in [2.05, 4.69) is 5.32 Å². The van der Waals surface area contributed by atoms with E-state index in [9.17, 15) is 9.59 Å². The number of carbonyl (C=O) groups excluding carboxylic acids is 1. The third-order valence-electron chi connectivity index (χ3n) is 3.20. The molecule has 16 heavy (non-hydrogen) atoms. The van der Waals surface area contributed by atoms with Crippen LogP contribution in [0.3, 0.4) is 0 Å². The molecule has 0 heterocycles. The molecule has 92 valence electrons. The molecule has 1 rings (SSSR count). The molecule has 0 spiro atoms. The topological polar surface area (TPSA) is 92.4 Å². The second-order valence-corrected chi connectivity index (χ2v) is 4.74. The fourth-order valence-electron chi connectivity index (χ4n) is 1.47. The predicted octanol–water partition coefficient (Wildman–Crippen LogP) is 0.342. The quantitative estimate of drug-likeness (QED) is 0.586. The summed E-state index contributed by atoms with van der Waals surface area (Å²) in [6.45, 7) is 2.83. The van der Waals surface area contributed by atoms with Crippen molar-refractivity contribution < 1.29 is 14.7 Å². The monoisotopic (exact) mass is 228 g/mol. The summed E-state index contributed by atoms with van der Waals surface area (Å²) in [5.41, 5.74) is 4.77. The van der Waals surface area contributed by atoms with E-state index in [0.717, 1.165) is 6.42 Å². The summed E-state index contributed by atoms with van der Waals surface area (Å²) in [6, 6.07) is 0. The molecule has 0 aromatic rings. The predicted molar refractivity (Wildman–Crippen MR) is 59.8 cm³/mol. The van der Waals surface area contributed by atoms with Crippen LogP contribution in [0.25, 0.3) is 0 Å². The Bertz CT molecular complexity index is 274. The zero-order valence-corrected chi connectivity index (χ0v) is 9.66. The van der Waals surface area contributed by atoms with E-state index in [1.54, 1.807) is 0 Å². The van der Waals surface area contributed by atoms with Crippen LogP contribution in [0, 0.1) is 11.3 Å². The number of nitrogens with two attached hydrogens (primary N) is 1. The smallest absolute Gasteiger partial charge is 0.311 e. The van der Waals surface area contributed by atoms with E-state index in [1.165, 1.54) is 0 Å². The van der Waals surface area contributed by atoms with E-state index in [0.29, 0.717) is 31.7 Å². The van der Waals surface area contributed by atoms with Gasteiger partial charge in [-0.05, 0) is 31.7 Å². The third-order valence-corrected chi connectivity index (χ3v) is 3.20. The Morgan fingerprint density at radius 1 is 1.50 bits per heavy atom. The highest BCUT2D eigenvalue weighted by Gasteiger charge is 2.50. The number of rotatable bonds is 7. The Balaban J connectivity index is 2.18. The molecule has 1 amide bonds. The summed E-state index contributed by atoms with van der Waals surface area (Å²) in [6.07, 6.45) is 2.51. The Hall–Kier alpha value is -1.10. The highest BCUT2D eigenvalue weighted by atomic mass is 16.4. The van der Waals surface area contributed by atoms with Gasteiger partial charge in [0.2, 0.25) is 5.91 Å². The fourth-order valence-corrected chi connectivity index (χ4v) is 1.47. The van der Waals surface area contributed by atoms with Crippen LogP contribution in [0.4, 0.5) is 0 Å². The average Bonchev–Trinajstić information content (AvgIpc) is 3.04. The van der Waals surface area contributed by atoms with Crippen molar-refractivity contribution in [3.05, 3.63) is 0 Å². The van der Waals surface area contributed by atoms with Crippen molar-refractivity contribution in [1.82, 2.24) is 5.32 Å². The van der Waals surface area contributed by atoms with Crippen LogP contribution in [0.1, 0.15) is 32.6 Å². The average molecular weight is 228 g/mol. The first-order chi connectivity index (χ1) is 7.50. The summed E-state index contributed by atoms with van der Waals surface area (Å²) in [5.74, 6) is -0.545. The normalized spacial score (nSPS) is 18.9. The molecule has 1 atom stereocenters. The second kappa shape index (κ2) is 5.30. The van der Waals surface area contributed by atoms with Gasteiger partial charge in [0.25, 0.3) is 0 Å². The zero-order valence-electron chi connectivity index (χ0n) is 9.66. The van der Waals surface area contributed by atoms with Gasteiger partial charge in [0.15, 0.2) is 0 Å². The lowest BCUT2D eigenvalue weighted by Gasteiger charge is -2.12. The minimum absolute atomic E-state index is 0.0761. The second-order valence-electron chi connectivity index (χ2n) is 4.74. The molecule has 1 aliphatic carbocycles. The van der Waals surface area contributed by atoms with Crippen molar-refractivity contribution in [2.45, 2.75) is 32.6 Å². The first-order valence-corrected chi connectivity index (χ1v) is 5.70. The van der Waals surface area contributed by atoms with Crippen molar-refractivity contribution in [1.29, 1.82) is 0 Å². The molecule has 5 heteroatoms. The molecule has 1 saturated carbocycles. The van der Waals surface area contributed by atoms with Crippen molar-refractivity contribution in [3.8, 4) is 0 Å². The van der Waals surface area contributed by atoms with Crippen LogP contribution in [0.2, 0.25) is 0 Å². The number of aliphatic carboxylic acids is 1. The molecule has 0 bridgehead atoms. The van der Waals surface area contributed by atoms with Gasteiger partial charge in [-0.15, -0.1) is 0 Å². The van der Waals surface area contributed by atoms with Crippen molar-refractivity contribution >= 4 is 11.9 Å². The summed E-state index contributed by atoms with van der Waals surface area (Å²) < 4.78 is 0. The molecule has 0 aromatic carbocycles. The van der Waals surface area contributed by atoms with Crippen molar-refractivity contribution in [3.63, 3.8) is 0 Å². The lowest BCUT2D eigenvalue weighted by Crippen LogP contribution is -2.34. The lowest BCUT2D eigenvalue weighted by atomic mass is 10.1. The molecule has 0 radical (unpaired) electrons. The first kappa shape index (κ1) is 13.0. The van der Waals surface area contributed by atoms with Crippen molar-refractivity contribution in [2.24, 2.45) is 17.1 Å². The van der Waals surface area contributed by atoms with Crippen molar-refractivity contribution in [2.75, 3.05) is 13.1 Å². The number of carboxylic acids is 1. The van der Waals surface area contributed by atoms with E-state index in [1.807, 2.05) is 6.92 Å². The molecule has 0 saturated heterocycles. The molecule has 0 aliphatic heterocycles. The SMILES string of the molecule is CC(CN)CCC(=O)NCC1(C(=O)O)CC1. The van der Waals surface area contributed by atoms with E-state index >= 15 is 0 Å². The number of carbonyl (C=O) groups is 2. The van der Waals surface area contributed by atoms with E-state index in [-0.39, 0.29) is 12.5 Å². The number of hydrogen-bond donors (Lipinski definition) is 3. The van der Waals surface area contributed by atoms with Gasteiger partial charge in [-0.3, -0.25) is 9.59 Å². The number of amides is 1. The standard InChI is InChI=1S/C11H20N2O3/c1-8(6-12)2-3-9(14)13-7-11(4-5-11)10(15)16/h8H,2-7,12H2,1H3,(H,13,14)(H,15,16). The Morgan fingerprint density at radius 3 is 2.56 bits per heavy atom. The van der Waals surface area contributed by atoms with Gasteiger partial charge in [-0.25, -0.2) is 0 Å². The summed E-state index contributed by atoms with van der Waals surface area (Å²) in [5, 5.41) is 11.6. The highest BCUT2D eigenvalue weighted by molar-refractivity contribution is 5.80. The number of carboxylic acid groups (broad SMARTS) is 1. The maximum atomic E-state index is 11.4. The van der Waals surface area contributed by atoms with Crippen LogP contribution in [0.5, 0.6) is 0 Å². The first-order valence-electron chi connectivity index (χ1n) is 5.70. The third kappa shape index (κ3) is 3.48.